The van der Waals surface area contributed by atoms with Crippen LogP contribution in [-0.4, -0.2) is 39.7 Å². The van der Waals surface area contributed by atoms with Crippen LogP contribution in [0.5, 0.6) is 11.5 Å². The molecule has 8 nitrogen and oxygen atoms in total. The van der Waals surface area contributed by atoms with Crippen LogP contribution in [0.4, 0.5) is 5.69 Å². The zero-order valence-corrected chi connectivity index (χ0v) is 14.2. The monoisotopic (exact) mass is 348 g/mol. The molecule has 0 aliphatic heterocycles. The molecule has 2 aromatic rings. The second-order valence-electron chi connectivity index (χ2n) is 4.97. The van der Waals surface area contributed by atoms with E-state index in [0.29, 0.717) is 22.9 Å². The standard InChI is InChI=1S/C17H20N2O6/c1-22-11-6-7-12(14(9-11)23-2)19-17(21)16(20)18-10-15(24-3)13-5-4-8-25-13/h4-9,15H,10H2,1-3H3,(H,18,20)(H,19,21). The zero-order chi connectivity index (χ0) is 18.2. The molecule has 0 saturated carbocycles. The minimum atomic E-state index is -0.822. The van der Waals surface area contributed by atoms with Crippen LogP contribution in [0.15, 0.2) is 41.0 Å². The molecule has 25 heavy (non-hydrogen) atoms. The van der Waals surface area contributed by atoms with Gasteiger partial charge in [0.2, 0.25) is 0 Å². The molecule has 1 aromatic carbocycles. The van der Waals surface area contributed by atoms with Crippen LogP contribution >= 0.6 is 0 Å². The van der Waals surface area contributed by atoms with Gasteiger partial charge in [0.25, 0.3) is 0 Å². The SMILES string of the molecule is COc1ccc(NC(=O)C(=O)NCC(OC)c2ccco2)c(OC)c1. The third-order valence-corrected chi connectivity index (χ3v) is 3.46. The van der Waals surface area contributed by atoms with Gasteiger partial charge in [0.1, 0.15) is 23.4 Å². The molecule has 0 aliphatic rings. The van der Waals surface area contributed by atoms with Crippen molar-refractivity contribution in [2.45, 2.75) is 6.10 Å². The maximum absolute atomic E-state index is 12.0. The minimum Gasteiger partial charge on any atom is -0.497 e. The molecule has 1 atom stereocenters. The van der Waals surface area contributed by atoms with Gasteiger partial charge in [-0.2, -0.15) is 0 Å². The van der Waals surface area contributed by atoms with Gasteiger partial charge in [-0.15, -0.1) is 0 Å². The van der Waals surface area contributed by atoms with Crippen LogP contribution in [-0.2, 0) is 14.3 Å². The van der Waals surface area contributed by atoms with E-state index in [-0.39, 0.29) is 6.54 Å². The fraction of sp³-hybridized carbons (Fsp3) is 0.294. The van der Waals surface area contributed by atoms with Crippen LogP contribution in [0, 0.1) is 0 Å². The normalized spacial score (nSPS) is 11.5. The summed E-state index contributed by atoms with van der Waals surface area (Å²) in [5.41, 5.74) is 0.359. The lowest BCUT2D eigenvalue weighted by Crippen LogP contribution is -2.38. The van der Waals surface area contributed by atoms with Crippen molar-refractivity contribution in [1.29, 1.82) is 0 Å². The van der Waals surface area contributed by atoms with Crippen molar-refractivity contribution in [1.82, 2.24) is 5.32 Å². The van der Waals surface area contributed by atoms with Crippen molar-refractivity contribution in [2.24, 2.45) is 0 Å². The lowest BCUT2D eigenvalue weighted by Gasteiger charge is -2.14. The van der Waals surface area contributed by atoms with E-state index >= 15 is 0 Å². The van der Waals surface area contributed by atoms with Crippen LogP contribution in [0.25, 0.3) is 0 Å². The number of anilines is 1. The van der Waals surface area contributed by atoms with Crippen LogP contribution < -0.4 is 20.1 Å². The fourth-order valence-corrected chi connectivity index (χ4v) is 2.12. The average molecular weight is 348 g/mol. The lowest BCUT2D eigenvalue weighted by atomic mass is 10.2. The van der Waals surface area contributed by atoms with E-state index in [1.807, 2.05) is 0 Å². The maximum Gasteiger partial charge on any atom is 0.313 e. The number of rotatable bonds is 7. The molecule has 134 valence electrons. The summed E-state index contributed by atoms with van der Waals surface area (Å²) in [7, 11) is 4.46. The average Bonchev–Trinajstić information content (AvgIpc) is 3.16. The molecule has 0 saturated heterocycles. The summed E-state index contributed by atoms with van der Waals surface area (Å²) in [5, 5.41) is 4.99. The van der Waals surface area contributed by atoms with Gasteiger partial charge in [0, 0.05) is 13.2 Å². The summed E-state index contributed by atoms with van der Waals surface area (Å²) >= 11 is 0. The summed E-state index contributed by atoms with van der Waals surface area (Å²) in [6.07, 6.45) is 1.02. The largest absolute Gasteiger partial charge is 0.497 e. The molecule has 0 spiro atoms. The first-order chi connectivity index (χ1) is 12.1. The number of amides is 2. The van der Waals surface area contributed by atoms with Crippen molar-refractivity contribution >= 4 is 17.5 Å². The molecular formula is C17H20N2O6. The Balaban J connectivity index is 1.95. The van der Waals surface area contributed by atoms with Crippen molar-refractivity contribution in [3.8, 4) is 11.5 Å². The van der Waals surface area contributed by atoms with E-state index in [9.17, 15) is 9.59 Å². The number of carbonyl (C=O) groups excluding carboxylic acids is 2. The van der Waals surface area contributed by atoms with Crippen LogP contribution in [0.3, 0.4) is 0 Å². The van der Waals surface area contributed by atoms with Crippen LogP contribution in [0.2, 0.25) is 0 Å². The summed E-state index contributed by atoms with van der Waals surface area (Å²) in [6.45, 7) is 0.0933. The Hall–Kier alpha value is -3.00. The van der Waals surface area contributed by atoms with Crippen molar-refractivity contribution in [3.63, 3.8) is 0 Å². The predicted octanol–water partition coefficient (Wildman–Crippen LogP) is 1.74. The zero-order valence-electron chi connectivity index (χ0n) is 14.2. The first-order valence-electron chi connectivity index (χ1n) is 7.46. The maximum atomic E-state index is 12.0. The van der Waals surface area contributed by atoms with Gasteiger partial charge in [-0.05, 0) is 24.3 Å². The number of nitrogens with one attached hydrogen (secondary N) is 2. The van der Waals surface area contributed by atoms with E-state index in [1.54, 1.807) is 30.3 Å². The van der Waals surface area contributed by atoms with Gasteiger partial charge in [-0.25, -0.2) is 0 Å². The number of furan rings is 1. The second-order valence-corrected chi connectivity index (χ2v) is 4.97. The second kappa shape index (κ2) is 8.74. The third kappa shape index (κ3) is 4.74. The molecule has 1 aromatic heterocycles. The summed E-state index contributed by atoms with van der Waals surface area (Å²) in [6, 6.07) is 8.28. The van der Waals surface area contributed by atoms with E-state index in [0.717, 1.165) is 0 Å². The first kappa shape index (κ1) is 18.3. The minimum absolute atomic E-state index is 0.0933. The Morgan fingerprint density at radius 1 is 1.12 bits per heavy atom. The molecule has 0 aliphatic carbocycles. The first-order valence-corrected chi connectivity index (χ1v) is 7.46. The molecule has 0 radical (unpaired) electrons. The summed E-state index contributed by atoms with van der Waals surface area (Å²) in [5.74, 6) is -0.115. The van der Waals surface area contributed by atoms with E-state index in [4.69, 9.17) is 18.6 Å². The van der Waals surface area contributed by atoms with Crippen molar-refractivity contribution in [3.05, 3.63) is 42.4 Å². The molecule has 0 bridgehead atoms. The molecule has 8 heteroatoms. The molecule has 2 amide bonds. The van der Waals surface area contributed by atoms with E-state index < -0.39 is 17.9 Å². The lowest BCUT2D eigenvalue weighted by molar-refractivity contribution is -0.136. The Labute approximate surface area is 145 Å². The Kier molecular flexibility index (Phi) is 6.41. The van der Waals surface area contributed by atoms with Crippen molar-refractivity contribution < 1.29 is 28.2 Å². The number of hydrogen-bond acceptors (Lipinski definition) is 6. The van der Waals surface area contributed by atoms with Gasteiger partial charge in [0.15, 0.2) is 0 Å². The molecule has 1 heterocycles. The van der Waals surface area contributed by atoms with Gasteiger partial charge < -0.3 is 29.3 Å². The Bertz CT molecular complexity index is 714. The van der Waals surface area contributed by atoms with Crippen molar-refractivity contribution in [2.75, 3.05) is 33.2 Å². The fourth-order valence-electron chi connectivity index (χ4n) is 2.12. The molecule has 1 unspecified atom stereocenters. The third-order valence-electron chi connectivity index (χ3n) is 3.46. The number of benzene rings is 1. The highest BCUT2D eigenvalue weighted by molar-refractivity contribution is 6.39. The predicted molar refractivity (Wildman–Crippen MR) is 89.6 cm³/mol. The van der Waals surface area contributed by atoms with E-state index in [1.165, 1.54) is 27.6 Å². The highest BCUT2D eigenvalue weighted by Crippen LogP contribution is 2.28. The topological polar surface area (TPSA) is 99.0 Å². The van der Waals surface area contributed by atoms with Gasteiger partial charge in [-0.1, -0.05) is 0 Å². The summed E-state index contributed by atoms with van der Waals surface area (Å²) < 4.78 is 20.7. The highest BCUT2D eigenvalue weighted by atomic mass is 16.5. The van der Waals surface area contributed by atoms with Gasteiger partial charge in [0.05, 0.1) is 32.7 Å². The quantitative estimate of drug-likeness (QED) is 0.740. The van der Waals surface area contributed by atoms with Gasteiger partial charge >= 0.3 is 11.8 Å². The highest BCUT2D eigenvalue weighted by Gasteiger charge is 2.19. The summed E-state index contributed by atoms with van der Waals surface area (Å²) in [4.78, 5) is 24.0. The molecule has 0 fully saturated rings. The molecule has 2 rings (SSSR count). The van der Waals surface area contributed by atoms with Crippen LogP contribution in [0.1, 0.15) is 11.9 Å². The number of carbonyl (C=O) groups is 2. The number of methoxy groups -OCH3 is 3. The number of hydrogen-bond donors (Lipinski definition) is 2. The molecule has 2 N–H and O–H groups in total. The number of ether oxygens (including phenoxy) is 3. The smallest absolute Gasteiger partial charge is 0.313 e. The van der Waals surface area contributed by atoms with Gasteiger partial charge in [-0.3, -0.25) is 9.59 Å². The van der Waals surface area contributed by atoms with E-state index in [2.05, 4.69) is 10.6 Å². The Morgan fingerprint density at radius 2 is 1.92 bits per heavy atom. The molecular weight excluding hydrogens is 328 g/mol. The Morgan fingerprint density at radius 3 is 2.52 bits per heavy atom.